The fraction of sp³-hybridized carbons (Fsp3) is 0.333. The largest absolute Gasteiger partial charge is 0.348 e. The highest BCUT2D eigenvalue weighted by atomic mass is 32.1. The zero-order chi connectivity index (χ0) is 21.5. The Morgan fingerprint density at radius 1 is 1.17 bits per heavy atom. The molecule has 1 unspecified atom stereocenters. The van der Waals surface area contributed by atoms with Crippen LogP contribution in [0.25, 0.3) is 0 Å². The summed E-state index contributed by atoms with van der Waals surface area (Å²) in [7, 11) is 0. The minimum atomic E-state index is -0.433. The molecule has 2 amide bonds. The number of anilines is 1. The molecule has 3 rings (SSSR count). The number of carbonyl (C=O) groups is 2. The number of aromatic nitrogens is 2. The average Bonchev–Trinajstić information content (AvgIpc) is 3.38. The van der Waals surface area contributed by atoms with Crippen molar-refractivity contribution < 1.29 is 14.0 Å². The Balaban J connectivity index is 1.47. The van der Waals surface area contributed by atoms with Crippen molar-refractivity contribution in [1.29, 1.82) is 0 Å². The molecule has 9 heteroatoms. The molecule has 158 valence electrons. The summed E-state index contributed by atoms with van der Waals surface area (Å²) in [6.07, 6.45) is 1.55. The van der Waals surface area contributed by atoms with Gasteiger partial charge in [0.05, 0.1) is 6.04 Å². The summed E-state index contributed by atoms with van der Waals surface area (Å²) in [4.78, 5) is 25.7. The summed E-state index contributed by atoms with van der Waals surface area (Å²) in [5.41, 5.74) is 0.360. The fourth-order valence-corrected chi connectivity index (χ4v) is 4.60. The van der Waals surface area contributed by atoms with Crippen LogP contribution in [-0.2, 0) is 11.2 Å². The first-order valence-corrected chi connectivity index (χ1v) is 11.3. The van der Waals surface area contributed by atoms with E-state index in [9.17, 15) is 14.0 Å². The Bertz CT molecular complexity index is 989. The van der Waals surface area contributed by atoms with Crippen LogP contribution in [0.5, 0.6) is 0 Å². The number of halogens is 1. The van der Waals surface area contributed by atoms with E-state index < -0.39 is 11.7 Å². The van der Waals surface area contributed by atoms with Gasteiger partial charge in [-0.2, -0.15) is 0 Å². The van der Waals surface area contributed by atoms with Crippen molar-refractivity contribution in [2.75, 3.05) is 5.32 Å². The maximum atomic E-state index is 13.2. The lowest BCUT2D eigenvalue weighted by Crippen LogP contribution is -2.31. The van der Waals surface area contributed by atoms with Gasteiger partial charge in [0.25, 0.3) is 5.91 Å². The lowest BCUT2D eigenvalue weighted by atomic mass is 10.0. The Labute approximate surface area is 182 Å². The van der Waals surface area contributed by atoms with Crippen molar-refractivity contribution in [3.63, 3.8) is 0 Å². The monoisotopic (exact) mass is 446 g/mol. The number of hydrogen-bond donors (Lipinski definition) is 2. The molecule has 3 aromatic rings. The summed E-state index contributed by atoms with van der Waals surface area (Å²) >= 11 is 2.81. The third-order valence-corrected chi connectivity index (χ3v) is 6.31. The molecule has 0 aliphatic carbocycles. The Morgan fingerprint density at radius 3 is 2.70 bits per heavy atom. The molecule has 1 aromatic carbocycles. The SMILES string of the molecule is CC(C)C(NC(=O)CCCc1nnc(C(=O)Nc2cccc(F)c2)s1)c1cccs1. The molecule has 0 saturated heterocycles. The lowest BCUT2D eigenvalue weighted by Gasteiger charge is -2.21. The zero-order valence-corrected chi connectivity index (χ0v) is 18.4. The predicted molar refractivity (Wildman–Crippen MR) is 117 cm³/mol. The van der Waals surface area contributed by atoms with E-state index in [0.717, 1.165) is 4.88 Å². The van der Waals surface area contributed by atoms with Gasteiger partial charge in [-0.1, -0.05) is 37.3 Å². The molecule has 2 aromatic heterocycles. The summed E-state index contributed by atoms with van der Waals surface area (Å²) in [5.74, 6) is -0.564. The highest BCUT2D eigenvalue weighted by molar-refractivity contribution is 7.13. The zero-order valence-electron chi connectivity index (χ0n) is 16.7. The average molecular weight is 447 g/mol. The molecular weight excluding hydrogens is 423 g/mol. The van der Waals surface area contributed by atoms with Crippen molar-refractivity contribution in [2.24, 2.45) is 5.92 Å². The van der Waals surface area contributed by atoms with Gasteiger partial charge in [-0.3, -0.25) is 9.59 Å². The van der Waals surface area contributed by atoms with Crippen LogP contribution in [0, 0.1) is 11.7 Å². The van der Waals surface area contributed by atoms with Crippen molar-refractivity contribution in [1.82, 2.24) is 15.5 Å². The first kappa shape index (κ1) is 22.0. The van der Waals surface area contributed by atoms with Crippen molar-refractivity contribution >= 4 is 40.2 Å². The van der Waals surface area contributed by atoms with E-state index in [1.54, 1.807) is 17.4 Å². The second kappa shape index (κ2) is 10.4. The molecule has 6 nitrogen and oxygen atoms in total. The molecule has 0 aliphatic rings. The number of thiophene rings is 1. The van der Waals surface area contributed by atoms with E-state index in [0.29, 0.717) is 35.9 Å². The van der Waals surface area contributed by atoms with E-state index in [1.807, 2.05) is 17.5 Å². The van der Waals surface area contributed by atoms with Crippen molar-refractivity contribution in [3.05, 3.63) is 62.5 Å². The lowest BCUT2D eigenvalue weighted by molar-refractivity contribution is -0.122. The van der Waals surface area contributed by atoms with Crippen LogP contribution in [0.2, 0.25) is 0 Å². The van der Waals surface area contributed by atoms with Crippen molar-refractivity contribution in [2.45, 2.75) is 39.2 Å². The fourth-order valence-electron chi connectivity index (χ4n) is 2.88. The molecule has 2 N–H and O–H groups in total. The number of hydrogen-bond acceptors (Lipinski definition) is 6. The summed E-state index contributed by atoms with van der Waals surface area (Å²) < 4.78 is 13.2. The first-order valence-electron chi connectivity index (χ1n) is 9.64. The Kier molecular flexibility index (Phi) is 7.64. The van der Waals surface area contributed by atoms with Crippen LogP contribution in [0.4, 0.5) is 10.1 Å². The van der Waals surface area contributed by atoms with E-state index in [2.05, 4.69) is 34.7 Å². The number of nitrogens with zero attached hydrogens (tertiary/aromatic N) is 2. The van der Waals surface area contributed by atoms with Crippen LogP contribution in [0.15, 0.2) is 41.8 Å². The van der Waals surface area contributed by atoms with Gasteiger partial charge >= 0.3 is 0 Å². The number of rotatable bonds is 9. The van der Waals surface area contributed by atoms with E-state index in [1.165, 1.54) is 29.5 Å². The van der Waals surface area contributed by atoms with E-state index in [-0.39, 0.29) is 17.0 Å². The maximum absolute atomic E-state index is 13.2. The van der Waals surface area contributed by atoms with Gasteiger partial charge in [0.1, 0.15) is 10.8 Å². The number of benzene rings is 1. The molecular formula is C21H23FN4O2S2. The normalized spacial score (nSPS) is 12.0. The standard InChI is InChI=1S/C21H23FN4O2S2/c1-13(2)19(16-8-5-11-29-16)24-17(27)9-4-10-18-25-26-21(30-18)20(28)23-15-7-3-6-14(22)12-15/h3,5-8,11-13,19H,4,9-10H2,1-2H3,(H,23,28)(H,24,27). The van der Waals surface area contributed by atoms with Gasteiger partial charge in [-0.15, -0.1) is 21.5 Å². The smallest absolute Gasteiger partial charge is 0.286 e. The molecule has 0 fully saturated rings. The van der Waals surface area contributed by atoms with Crippen LogP contribution in [-0.4, -0.2) is 22.0 Å². The predicted octanol–water partition coefficient (Wildman–Crippen LogP) is 4.83. The Morgan fingerprint density at radius 2 is 2.00 bits per heavy atom. The van der Waals surface area contributed by atoms with E-state index in [4.69, 9.17) is 0 Å². The molecule has 0 radical (unpaired) electrons. The second-order valence-corrected chi connectivity index (χ2v) is 9.16. The second-order valence-electron chi connectivity index (χ2n) is 7.12. The third kappa shape index (κ3) is 6.17. The van der Waals surface area contributed by atoms with Gasteiger partial charge < -0.3 is 10.6 Å². The highest BCUT2D eigenvalue weighted by Gasteiger charge is 2.19. The minimum Gasteiger partial charge on any atom is -0.348 e. The first-order chi connectivity index (χ1) is 14.4. The van der Waals surface area contributed by atoms with Crippen molar-refractivity contribution in [3.8, 4) is 0 Å². The van der Waals surface area contributed by atoms with Gasteiger partial charge in [0, 0.05) is 23.4 Å². The molecule has 0 spiro atoms. The quantitative estimate of drug-likeness (QED) is 0.493. The number of amides is 2. The molecule has 2 heterocycles. The van der Waals surface area contributed by atoms with Crippen LogP contribution in [0.3, 0.4) is 0 Å². The summed E-state index contributed by atoms with van der Waals surface area (Å²) in [6.45, 7) is 4.17. The van der Waals surface area contributed by atoms with Gasteiger partial charge in [0.15, 0.2) is 0 Å². The van der Waals surface area contributed by atoms with Crippen LogP contribution >= 0.6 is 22.7 Å². The topological polar surface area (TPSA) is 84.0 Å². The number of nitrogens with one attached hydrogen (secondary N) is 2. The molecule has 0 aliphatic heterocycles. The summed E-state index contributed by atoms with van der Waals surface area (Å²) in [5, 5.41) is 16.5. The molecule has 1 atom stereocenters. The van der Waals surface area contributed by atoms with Crippen LogP contribution < -0.4 is 10.6 Å². The molecule has 0 bridgehead atoms. The van der Waals surface area contributed by atoms with E-state index >= 15 is 0 Å². The minimum absolute atomic E-state index is 0.00399. The van der Waals surface area contributed by atoms with Gasteiger partial charge in [-0.25, -0.2) is 4.39 Å². The number of aryl methyl sites for hydroxylation is 1. The van der Waals surface area contributed by atoms with Crippen LogP contribution in [0.1, 0.15) is 52.4 Å². The van der Waals surface area contributed by atoms with Gasteiger partial charge in [0.2, 0.25) is 10.9 Å². The Hall–Kier alpha value is -2.65. The number of carbonyl (C=O) groups excluding carboxylic acids is 2. The molecule has 0 saturated carbocycles. The maximum Gasteiger partial charge on any atom is 0.286 e. The van der Waals surface area contributed by atoms with Gasteiger partial charge in [-0.05, 0) is 42.0 Å². The summed E-state index contributed by atoms with van der Waals surface area (Å²) in [6, 6.07) is 9.69. The third-order valence-electron chi connectivity index (χ3n) is 4.37. The molecule has 30 heavy (non-hydrogen) atoms. The highest BCUT2D eigenvalue weighted by Crippen LogP contribution is 2.26.